The second-order valence-corrected chi connectivity index (χ2v) is 3.69. The van der Waals surface area contributed by atoms with Gasteiger partial charge in [-0.3, -0.25) is 4.79 Å². The van der Waals surface area contributed by atoms with Crippen LogP contribution < -0.4 is 5.32 Å². The number of carbonyl (C=O) groups is 1. The monoisotopic (exact) mass is 227 g/mol. The van der Waals surface area contributed by atoms with Gasteiger partial charge in [-0.1, -0.05) is 30.3 Å². The molecule has 1 aromatic carbocycles. The Labute approximate surface area is 99.7 Å². The first-order valence-corrected chi connectivity index (χ1v) is 5.36. The van der Waals surface area contributed by atoms with Gasteiger partial charge < -0.3 is 5.32 Å². The number of hydrogen-bond acceptors (Lipinski definition) is 3. The first-order chi connectivity index (χ1) is 8.25. The zero-order valence-corrected chi connectivity index (χ0v) is 9.55. The van der Waals surface area contributed by atoms with E-state index in [1.54, 1.807) is 6.92 Å². The van der Waals surface area contributed by atoms with Crippen molar-refractivity contribution in [2.75, 3.05) is 0 Å². The Morgan fingerprint density at radius 3 is 2.47 bits per heavy atom. The van der Waals surface area contributed by atoms with Crippen molar-refractivity contribution >= 4 is 5.91 Å². The van der Waals surface area contributed by atoms with Crippen LogP contribution in [0.2, 0.25) is 0 Å². The molecule has 17 heavy (non-hydrogen) atoms. The van der Waals surface area contributed by atoms with Gasteiger partial charge in [-0.15, -0.1) is 0 Å². The normalized spacial score (nSPS) is 9.94. The highest BCUT2D eigenvalue weighted by molar-refractivity contribution is 5.93. The number of rotatable bonds is 3. The Kier molecular flexibility index (Phi) is 3.45. The second kappa shape index (κ2) is 5.21. The lowest BCUT2D eigenvalue weighted by Crippen LogP contribution is -2.23. The maximum Gasteiger partial charge on any atom is 0.254 e. The molecule has 0 saturated carbocycles. The predicted octanol–water partition coefficient (Wildman–Crippen LogP) is 1.72. The lowest BCUT2D eigenvalue weighted by molar-refractivity contribution is 0.0950. The summed E-state index contributed by atoms with van der Waals surface area (Å²) in [5.41, 5.74) is 1.54. The first-order valence-electron chi connectivity index (χ1n) is 5.36. The molecule has 0 spiro atoms. The summed E-state index contributed by atoms with van der Waals surface area (Å²) in [6, 6.07) is 9.75. The van der Waals surface area contributed by atoms with Crippen LogP contribution in [0.15, 0.2) is 42.7 Å². The molecule has 0 aliphatic rings. The molecule has 1 amide bonds. The van der Waals surface area contributed by atoms with E-state index in [0.717, 1.165) is 5.56 Å². The van der Waals surface area contributed by atoms with Crippen LogP contribution in [0.25, 0.3) is 0 Å². The summed E-state index contributed by atoms with van der Waals surface area (Å²) in [5, 5.41) is 2.82. The van der Waals surface area contributed by atoms with Crippen LogP contribution >= 0.6 is 0 Å². The predicted molar refractivity (Wildman–Crippen MR) is 64.4 cm³/mol. The topological polar surface area (TPSA) is 54.9 Å². The van der Waals surface area contributed by atoms with Gasteiger partial charge in [0.05, 0.1) is 5.56 Å². The van der Waals surface area contributed by atoms with Crippen molar-refractivity contribution in [1.82, 2.24) is 15.3 Å². The first kappa shape index (κ1) is 11.3. The van der Waals surface area contributed by atoms with Crippen molar-refractivity contribution in [3.8, 4) is 0 Å². The van der Waals surface area contributed by atoms with Gasteiger partial charge in [-0.05, 0) is 12.5 Å². The SMILES string of the molecule is Cc1ncc(C(=O)NCc2ccccc2)cn1. The molecule has 0 fully saturated rings. The van der Waals surface area contributed by atoms with Gasteiger partial charge in [-0.2, -0.15) is 0 Å². The highest BCUT2D eigenvalue weighted by Gasteiger charge is 2.05. The lowest BCUT2D eigenvalue weighted by Gasteiger charge is -2.04. The van der Waals surface area contributed by atoms with E-state index in [1.165, 1.54) is 12.4 Å². The molecule has 4 nitrogen and oxygen atoms in total. The zero-order valence-electron chi connectivity index (χ0n) is 9.55. The third kappa shape index (κ3) is 3.11. The number of benzene rings is 1. The summed E-state index contributed by atoms with van der Waals surface area (Å²) in [7, 11) is 0. The van der Waals surface area contributed by atoms with Crippen LogP contribution in [0.4, 0.5) is 0 Å². The number of hydrogen-bond donors (Lipinski definition) is 1. The van der Waals surface area contributed by atoms with Gasteiger partial charge in [0.25, 0.3) is 5.91 Å². The molecule has 1 aromatic heterocycles. The van der Waals surface area contributed by atoms with Gasteiger partial charge in [-0.25, -0.2) is 9.97 Å². The summed E-state index contributed by atoms with van der Waals surface area (Å²) >= 11 is 0. The van der Waals surface area contributed by atoms with Crippen LogP contribution in [-0.4, -0.2) is 15.9 Å². The van der Waals surface area contributed by atoms with E-state index < -0.39 is 0 Å². The molecule has 86 valence electrons. The van der Waals surface area contributed by atoms with Crippen molar-refractivity contribution in [3.63, 3.8) is 0 Å². The maximum atomic E-state index is 11.7. The fourth-order valence-corrected chi connectivity index (χ4v) is 1.39. The summed E-state index contributed by atoms with van der Waals surface area (Å²) in [6.45, 7) is 2.29. The Hall–Kier alpha value is -2.23. The molecule has 2 rings (SSSR count). The Morgan fingerprint density at radius 1 is 1.18 bits per heavy atom. The Balaban J connectivity index is 1.96. The van der Waals surface area contributed by atoms with Crippen LogP contribution in [0.5, 0.6) is 0 Å². The molecular formula is C13H13N3O. The molecular weight excluding hydrogens is 214 g/mol. The van der Waals surface area contributed by atoms with Crippen molar-refractivity contribution in [3.05, 3.63) is 59.7 Å². The number of carbonyl (C=O) groups excluding carboxylic acids is 1. The molecule has 0 bridgehead atoms. The van der Waals surface area contributed by atoms with E-state index in [4.69, 9.17) is 0 Å². The fraction of sp³-hybridized carbons (Fsp3) is 0.154. The van der Waals surface area contributed by atoms with Crippen molar-refractivity contribution in [2.24, 2.45) is 0 Å². The van der Waals surface area contributed by atoms with E-state index in [1.807, 2.05) is 30.3 Å². The third-order valence-corrected chi connectivity index (χ3v) is 2.34. The molecule has 0 aliphatic heterocycles. The molecule has 1 heterocycles. The minimum Gasteiger partial charge on any atom is -0.348 e. The van der Waals surface area contributed by atoms with Crippen molar-refractivity contribution < 1.29 is 4.79 Å². The summed E-state index contributed by atoms with van der Waals surface area (Å²) in [4.78, 5) is 19.7. The zero-order chi connectivity index (χ0) is 12.1. The highest BCUT2D eigenvalue weighted by Crippen LogP contribution is 1.99. The minimum atomic E-state index is -0.158. The average molecular weight is 227 g/mol. The smallest absolute Gasteiger partial charge is 0.254 e. The highest BCUT2D eigenvalue weighted by atomic mass is 16.1. The van der Waals surface area contributed by atoms with Gasteiger partial charge in [0.1, 0.15) is 5.82 Å². The molecule has 0 unspecified atom stereocenters. The number of amides is 1. The lowest BCUT2D eigenvalue weighted by atomic mass is 10.2. The molecule has 0 saturated heterocycles. The largest absolute Gasteiger partial charge is 0.348 e. The number of aromatic nitrogens is 2. The van der Waals surface area contributed by atoms with E-state index in [9.17, 15) is 4.79 Å². The Bertz CT molecular complexity index is 494. The minimum absolute atomic E-state index is 0.158. The molecule has 1 N–H and O–H groups in total. The molecule has 2 aromatic rings. The number of nitrogens with zero attached hydrogens (tertiary/aromatic N) is 2. The number of aryl methyl sites for hydroxylation is 1. The molecule has 0 aliphatic carbocycles. The van der Waals surface area contributed by atoms with Crippen molar-refractivity contribution in [1.29, 1.82) is 0 Å². The van der Waals surface area contributed by atoms with E-state index in [2.05, 4.69) is 15.3 Å². The van der Waals surface area contributed by atoms with Gasteiger partial charge >= 0.3 is 0 Å². The number of nitrogens with one attached hydrogen (secondary N) is 1. The van der Waals surface area contributed by atoms with Gasteiger partial charge in [0.15, 0.2) is 0 Å². The van der Waals surface area contributed by atoms with Gasteiger partial charge in [0, 0.05) is 18.9 Å². The Morgan fingerprint density at radius 2 is 1.82 bits per heavy atom. The van der Waals surface area contributed by atoms with Crippen molar-refractivity contribution in [2.45, 2.75) is 13.5 Å². The fourth-order valence-electron chi connectivity index (χ4n) is 1.39. The summed E-state index contributed by atoms with van der Waals surface area (Å²) in [6.07, 6.45) is 3.06. The maximum absolute atomic E-state index is 11.7. The summed E-state index contributed by atoms with van der Waals surface area (Å²) in [5.74, 6) is 0.499. The summed E-state index contributed by atoms with van der Waals surface area (Å²) < 4.78 is 0. The van der Waals surface area contributed by atoms with E-state index in [-0.39, 0.29) is 5.91 Å². The van der Waals surface area contributed by atoms with Gasteiger partial charge in [0.2, 0.25) is 0 Å². The second-order valence-electron chi connectivity index (χ2n) is 3.69. The average Bonchev–Trinajstić information content (AvgIpc) is 2.38. The van der Waals surface area contributed by atoms with Crippen LogP contribution in [-0.2, 0) is 6.54 Å². The van der Waals surface area contributed by atoms with E-state index in [0.29, 0.717) is 17.9 Å². The van der Waals surface area contributed by atoms with Crippen LogP contribution in [0.1, 0.15) is 21.7 Å². The van der Waals surface area contributed by atoms with Crippen LogP contribution in [0.3, 0.4) is 0 Å². The van der Waals surface area contributed by atoms with E-state index >= 15 is 0 Å². The molecule has 4 heteroatoms. The molecule has 0 atom stereocenters. The van der Waals surface area contributed by atoms with Crippen LogP contribution in [0, 0.1) is 6.92 Å². The molecule has 0 radical (unpaired) electrons. The quantitative estimate of drug-likeness (QED) is 0.868. The third-order valence-electron chi connectivity index (χ3n) is 2.34. The standard InChI is InChI=1S/C13H13N3O/c1-10-14-8-12(9-15-10)13(17)16-7-11-5-3-2-4-6-11/h2-6,8-9H,7H2,1H3,(H,16,17).